The molecule has 0 radical (unpaired) electrons. The summed E-state index contributed by atoms with van der Waals surface area (Å²) in [5.74, 6) is 1.31. The van der Waals surface area contributed by atoms with E-state index in [1.54, 1.807) is 66.2 Å². The number of aryl methyl sites for hydroxylation is 2. The molecule has 0 aliphatic carbocycles. The van der Waals surface area contributed by atoms with Gasteiger partial charge in [-0.05, 0) is 98.3 Å². The van der Waals surface area contributed by atoms with Crippen LogP contribution >= 0.6 is 29.9 Å². The lowest BCUT2D eigenvalue weighted by Gasteiger charge is -2.27. The van der Waals surface area contributed by atoms with Crippen LogP contribution in [0.3, 0.4) is 0 Å². The second kappa shape index (κ2) is 19.7. The molecule has 2 heterocycles. The maximum atomic E-state index is 9.11. The van der Waals surface area contributed by atoms with E-state index in [1.165, 1.54) is 21.6 Å². The molecule has 0 aliphatic heterocycles. The second-order valence-corrected chi connectivity index (χ2v) is 16.9. The summed E-state index contributed by atoms with van der Waals surface area (Å²) in [6.45, 7) is 4.07. The predicted molar refractivity (Wildman–Crippen MR) is 214 cm³/mol. The van der Waals surface area contributed by atoms with E-state index in [4.69, 9.17) is 19.9 Å². The van der Waals surface area contributed by atoms with Crippen molar-refractivity contribution in [2.24, 2.45) is 0 Å². The Kier molecular flexibility index (Phi) is 15.1. The number of benzene rings is 5. The van der Waals surface area contributed by atoms with Crippen LogP contribution < -0.4 is 37.6 Å². The van der Waals surface area contributed by atoms with Crippen LogP contribution in [-0.4, -0.2) is 27.3 Å². The van der Waals surface area contributed by atoms with E-state index in [0.29, 0.717) is 0 Å². The Labute approximate surface area is 319 Å². The smallest absolute Gasteiger partial charge is 0.119 e. The lowest BCUT2D eigenvalue weighted by Crippen LogP contribution is -3.00. The van der Waals surface area contributed by atoms with E-state index < -0.39 is 7.26 Å². The number of hydrogen-bond donors (Lipinski definition) is 2. The summed E-state index contributed by atoms with van der Waals surface area (Å²) in [5, 5.41) is 28.6. The third-order valence-corrected chi connectivity index (χ3v) is 13.7. The quantitative estimate of drug-likeness (QED) is 0.168. The zero-order valence-electron chi connectivity index (χ0n) is 28.6. The molecule has 9 heteroatoms. The summed E-state index contributed by atoms with van der Waals surface area (Å²) < 4.78 is 4.86. The van der Waals surface area contributed by atoms with Crippen LogP contribution in [0.15, 0.2) is 150 Å². The van der Waals surface area contributed by atoms with E-state index in [9.17, 15) is 0 Å². The van der Waals surface area contributed by atoms with Crippen LogP contribution in [0.1, 0.15) is 27.0 Å². The zero-order chi connectivity index (χ0) is 35.2. The van der Waals surface area contributed by atoms with Crippen molar-refractivity contribution >= 4 is 58.0 Å². The number of phenols is 2. The van der Waals surface area contributed by atoms with E-state index in [-0.39, 0.29) is 28.5 Å². The number of nitrogens with zero attached hydrogens (tertiary/aromatic N) is 2. The fourth-order valence-electron chi connectivity index (χ4n) is 5.30. The highest BCUT2D eigenvalue weighted by molar-refractivity contribution is 7.95. The number of aromatic nitrogens is 2. The number of thiazole rings is 2. The standard InChI is InChI=1S/C23H21NPS.C12H11NOS.C7H8O2.BrH/c1-19-24-20(18-26-19)17-25(21-11-5-2-6-12-21,22-13-7-3-8-14-22)23-15-9-4-10-16-23;1-9-13-11(8-15-9)5-2-10-3-6-12(14)7-4-10;1-9-7-4-2-6(8)3-5-7;/h2-16,18H,17H2,1H3;2-8,14H,1H3;2-5,8H,1H3;1H/q+1;;;/p-1. The minimum Gasteiger partial charge on any atom is -1.00 e. The molecule has 5 nitrogen and oxygen atoms in total. The molecule has 0 spiro atoms. The average molecular weight is 796 g/mol. The van der Waals surface area contributed by atoms with Crippen molar-refractivity contribution in [2.45, 2.75) is 20.0 Å². The van der Waals surface area contributed by atoms with E-state index in [0.717, 1.165) is 33.2 Å². The number of phenolic OH excluding ortho intramolecular Hbond substituents is 2. The molecular formula is C42H40BrN2O3PS2. The van der Waals surface area contributed by atoms with Gasteiger partial charge in [0, 0.05) is 10.8 Å². The van der Waals surface area contributed by atoms with Crippen molar-refractivity contribution in [3.63, 3.8) is 0 Å². The maximum Gasteiger partial charge on any atom is 0.119 e. The Hall–Kier alpha value is -4.59. The molecule has 2 N–H and O–H groups in total. The minimum atomic E-state index is -1.82. The first-order valence-corrected chi connectivity index (χ1v) is 19.8. The molecule has 0 atom stereocenters. The molecule has 0 saturated heterocycles. The normalized spacial score (nSPS) is 10.6. The van der Waals surface area contributed by atoms with Crippen molar-refractivity contribution in [3.05, 3.63) is 177 Å². The van der Waals surface area contributed by atoms with Crippen LogP contribution in [0.2, 0.25) is 0 Å². The Balaban J connectivity index is 0.000000196. The van der Waals surface area contributed by atoms with Crippen molar-refractivity contribution in [1.82, 2.24) is 9.97 Å². The predicted octanol–water partition coefficient (Wildman–Crippen LogP) is 6.68. The van der Waals surface area contributed by atoms with Gasteiger partial charge in [0.1, 0.15) is 46.6 Å². The molecule has 5 aromatic carbocycles. The molecular weight excluding hydrogens is 755 g/mol. The van der Waals surface area contributed by atoms with Crippen LogP contribution in [-0.2, 0) is 6.16 Å². The summed E-state index contributed by atoms with van der Waals surface area (Å²) in [4.78, 5) is 9.14. The van der Waals surface area contributed by atoms with Gasteiger partial charge in [-0.15, -0.1) is 22.7 Å². The van der Waals surface area contributed by atoms with E-state index in [2.05, 4.69) is 108 Å². The maximum absolute atomic E-state index is 9.11. The van der Waals surface area contributed by atoms with Gasteiger partial charge in [-0.1, -0.05) is 72.8 Å². The van der Waals surface area contributed by atoms with Gasteiger partial charge in [-0.25, -0.2) is 9.97 Å². The van der Waals surface area contributed by atoms with E-state index >= 15 is 0 Å². The van der Waals surface area contributed by atoms with Gasteiger partial charge >= 0.3 is 0 Å². The molecule has 0 unspecified atom stereocenters. The number of ether oxygens (including phenoxy) is 1. The lowest BCUT2D eigenvalue weighted by atomic mass is 10.2. The van der Waals surface area contributed by atoms with Gasteiger partial charge in [0.05, 0.1) is 28.5 Å². The summed E-state index contributed by atoms with van der Waals surface area (Å²) in [5.41, 5.74) is 3.22. The number of halogens is 1. The average Bonchev–Trinajstić information content (AvgIpc) is 3.78. The Bertz CT molecular complexity index is 1960. The van der Waals surface area contributed by atoms with Crippen molar-refractivity contribution < 1.29 is 31.9 Å². The summed E-state index contributed by atoms with van der Waals surface area (Å²) in [7, 11) is -0.228. The molecule has 2 aromatic heterocycles. The van der Waals surface area contributed by atoms with Crippen LogP contribution in [0.25, 0.3) is 12.2 Å². The summed E-state index contributed by atoms with van der Waals surface area (Å²) in [6, 6.07) is 46.6. The minimum absolute atomic E-state index is 0. The molecule has 260 valence electrons. The van der Waals surface area contributed by atoms with Crippen molar-refractivity contribution in [1.29, 1.82) is 0 Å². The van der Waals surface area contributed by atoms with Crippen LogP contribution in [0.4, 0.5) is 0 Å². The number of hydrogen-bond acceptors (Lipinski definition) is 7. The second-order valence-electron chi connectivity index (χ2n) is 11.2. The fourth-order valence-corrected chi connectivity index (χ4v) is 10.7. The SMILES string of the molecule is COc1ccc(O)cc1.Cc1nc(C=Cc2ccc(O)cc2)cs1.Cc1nc(C[P+](c2ccccc2)(c2ccccc2)c2ccccc2)cs1.[Br-]. The Morgan fingerprint density at radius 1 is 0.588 bits per heavy atom. The first-order chi connectivity index (χ1) is 24.4. The van der Waals surface area contributed by atoms with Crippen LogP contribution in [0.5, 0.6) is 17.2 Å². The summed E-state index contributed by atoms with van der Waals surface area (Å²) >= 11 is 3.38. The molecule has 51 heavy (non-hydrogen) atoms. The summed E-state index contributed by atoms with van der Waals surface area (Å²) in [6.07, 6.45) is 4.90. The van der Waals surface area contributed by atoms with Gasteiger partial charge in [-0.2, -0.15) is 0 Å². The lowest BCUT2D eigenvalue weighted by molar-refractivity contribution is -0.0000123. The topological polar surface area (TPSA) is 75.5 Å². The van der Waals surface area contributed by atoms with E-state index in [1.807, 2.05) is 36.6 Å². The highest BCUT2D eigenvalue weighted by atomic mass is 79.9. The zero-order valence-corrected chi connectivity index (χ0v) is 32.7. The molecule has 0 fully saturated rings. The third-order valence-electron chi connectivity index (χ3n) is 7.71. The Morgan fingerprint density at radius 2 is 1.04 bits per heavy atom. The molecule has 0 bridgehead atoms. The van der Waals surface area contributed by atoms with Gasteiger partial charge in [0.2, 0.25) is 0 Å². The monoisotopic (exact) mass is 794 g/mol. The highest BCUT2D eigenvalue weighted by Gasteiger charge is 2.45. The number of rotatable bonds is 8. The van der Waals surface area contributed by atoms with Crippen molar-refractivity contribution in [3.8, 4) is 17.2 Å². The molecule has 0 aliphatic rings. The largest absolute Gasteiger partial charge is 1.00 e. The van der Waals surface area contributed by atoms with Crippen molar-refractivity contribution in [2.75, 3.05) is 7.11 Å². The molecule has 7 rings (SSSR count). The van der Waals surface area contributed by atoms with Gasteiger partial charge in [-0.3, -0.25) is 0 Å². The number of methoxy groups -OCH3 is 1. The Morgan fingerprint density at radius 3 is 1.45 bits per heavy atom. The molecule has 7 aromatic rings. The number of aromatic hydroxyl groups is 2. The van der Waals surface area contributed by atoms with Gasteiger partial charge < -0.3 is 31.9 Å². The first kappa shape index (κ1) is 39.2. The van der Waals surface area contributed by atoms with Crippen LogP contribution in [0, 0.1) is 13.8 Å². The third kappa shape index (κ3) is 11.2. The first-order valence-electron chi connectivity index (χ1n) is 16.0. The van der Waals surface area contributed by atoms with Gasteiger partial charge in [0.25, 0.3) is 0 Å². The highest BCUT2D eigenvalue weighted by Crippen LogP contribution is 2.58. The van der Waals surface area contributed by atoms with Gasteiger partial charge in [0.15, 0.2) is 0 Å². The molecule has 0 amide bonds. The fraction of sp³-hybridized carbons (Fsp3) is 0.0952. The molecule has 0 saturated carbocycles.